The van der Waals surface area contributed by atoms with Gasteiger partial charge in [0.25, 0.3) is 5.91 Å². The number of nitriles is 1. The molecular formula is C23H20ClFN4O2. The zero-order valence-corrected chi connectivity index (χ0v) is 17.7. The van der Waals surface area contributed by atoms with E-state index < -0.39 is 5.82 Å². The maximum Gasteiger partial charge on any atom is 0.259 e. The van der Waals surface area contributed by atoms with Crippen LogP contribution in [-0.4, -0.2) is 47.0 Å². The van der Waals surface area contributed by atoms with Crippen LogP contribution in [0.5, 0.6) is 0 Å². The van der Waals surface area contributed by atoms with Crippen LogP contribution in [0.15, 0.2) is 47.0 Å². The van der Waals surface area contributed by atoms with Gasteiger partial charge in [-0.25, -0.2) is 4.39 Å². The highest BCUT2D eigenvalue weighted by Gasteiger charge is 2.30. The van der Waals surface area contributed by atoms with E-state index in [0.717, 1.165) is 12.1 Å². The number of halogens is 2. The number of aryl methyl sites for hydroxylation is 1. The van der Waals surface area contributed by atoms with Gasteiger partial charge >= 0.3 is 0 Å². The number of aromatic nitrogens is 1. The third kappa shape index (κ3) is 4.31. The Morgan fingerprint density at radius 3 is 2.55 bits per heavy atom. The van der Waals surface area contributed by atoms with Crippen molar-refractivity contribution in [2.45, 2.75) is 13.5 Å². The summed E-state index contributed by atoms with van der Waals surface area (Å²) in [5.41, 5.74) is 2.20. The van der Waals surface area contributed by atoms with Crippen molar-refractivity contribution in [1.29, 1.82) is 5.26 Å². The van der Waals surface area contributed by atoms with Crippen LogP contribution in [0.25, 0.3) is 11.3 Å². The first-order valence-corrected chi connectivity index (χ1v) is 10.3. The molecule has 6 nitrogen and oxygen atoms in total. The molecule has 1 fully saturated rings. The van der Waals surface area contributed by atoms with Crippen molar-refractivity contribution < 1.29 is 13.7 Å². The SMILES string of the molecule is Cc1onc(-c2c(F)cccc2Cl)c1C(=O)N1CCN(Cc2ccc(C#N)cc2)CC1. The largest absolute Gasteiger partial charge is 0.360 e. The molecule has 0 atom stereocenters. The van der Waals surface area contributed by atoms with Gasteiger partial charge in [-0.1, -0.05) is 35.0 Å². The predicted molar refractivity (Wildman–Crippen MR) is 114 cm³/mol. The van der Waals surface area contributed by atoms with Crippen LogP contribution in [0.3, 0.4) is 0 Å². The van der Waals surface area contributed by atoms with E-state index in [1.165, 1.54) is 12.1 Å². The normalized spacial score (nSPS) is 14.5. The minimum absolute atomic E-state index is 0.0730. The van der Waals surface area contributed by atoms with Gasteiger partial charge in [-0.3, -0.25) is 9.69 Å². The summed E-state index contributed by atoms with van der Waals surface area (Å²) in [6, 6.07) is 14.0. The Kier molecular flexibility index (Phi) is 6.03. The number of hydrogen-bond donors (Lipinski definition) is 0. The van der Waals surface area contributed by atoms with Crippen LogP contribution >= 0.6 is 11.6 Å². The van der Waals surface area contributed by atoms with Crippen molar-refractivity contribution in [1.82, 2.24) is 15.0 Å². The molecule has 2 heterocycles. The summed E-state index contributed by atoms with van der Waals surface area (Å²) < 4.78 is 19.7. The number of carbonyl (C=O) groups excluding carboxylic acids is 1. The van der Waals surface area contributed by atoms with E-state index in [1.807, 2.05) is 12.1 Å². The van der Waals surface area contributed by atoms with E-state index in [1.54, 1.807) is 30.0 Å². The van der Waals surface area contributed by atoms with Gasteiger partial charge in [0, 0.05) is 32.7 Å². The van der Waals surface area contributed by atoms with Crippen LogP contribution < -0.4 is 0 Å². The van der Waals surface area contributed by atoms with Crippen LogP contribution in [0, 0.1) is 24.1 Å². The Morgan fingerprint density at radius 1 is 1.19 bits per heavy atom. The van der Waals surface area contributed by atoms with E-state index in [2.05, 4.69) is 16.1 Å². The third-order valence-electron chi connectivity index (χ3n) is 5.42. The summed E-state index contributed by atoms with van der Waals surface area (Å²) in [7, 11) is 0. The number of rotatable bonds is 4. The van der Waals surface area contributed by atoms with Crippen molar-refractivity contribution in [3.8, 4) is 17.3 Å². The van der Waals surface area contributed by atoms with E-state index in [-0.39, 0.29) is 27.8 Å². The second-order valence-corrected chi connectivity index (χ2v) is 7.84. The molecule has 1 saturated heterocycles. The molecule has 31 heavy (non-hydrogen) atoms. The molecular weight excluding hydrogens is 419 g/mol. The average Bonchev–Trinajstić information content (AvgIpc) is 3.15. The first kappa shape index (κ1) is 21.0. The molecule has 1 aliphatic rings. The molecule has 0 spiro atoms. The summed E-state index contributed by atoms with van der Waals surface area (Å²) in [5.74, 6) is -0.465. The van der Waals surface area contributed by atoms with Crippen LogP contribution in [0.1, 0.15) is 27.2 Å². The highest BCUT2D eigenvalue weighted by atomic mass is 35.5. The second-order valence-electron chi connectivity index (χ2n) is 7.44. The van der Waals surface area contributed by atoms with Crippen LogP contribution in [0.2, 0.25) is 5.02 Å². The molecule has 0 aliphatic carbocycles. The van der Waals surface area contributed by atoms with Gasteiger partial charge in [0.15, 0.2) is 0 Å². The first-order chi connectivity index (χ1) is 15.0. The molecule has 4 rings (SSSR count). The van der Waals surface area contributed by atoms with Crippen molar-refractivity contribution >= 4 is 17.5 Å². The number of nitrogens with zero attached hydrogens (tertiary/aromatic N) is 4. The molecule has 8 heteroatoms. The van der Waals surface area contributed by atoms with E-state index in [9.17, 15) is 9.18 Å². The topological polar surface area (TPSA) is 73.4 Å². The molecule has 0 bridgehead atoms. The number of piperazine rings is 1. The standard InChI is InChI=1S/C23H20ClFN4O2/c1-15-20(22(27-31-15)21-18(24)3-2-4-19(21)25)23(30)29-11-9-28(10-12-29)14-17-7-5-16(13-26)6-8-17/h2-8H,9-12,14H2,1H3. The fourth-order valence-electron chi connectivity index (χ4n) is 3.73. The van der Waals surface area contributed by atoms with Gasteiger partial charge < -0.3 is 9.42 Å². The van der Waals surface area contributed by atoms with Crippen molar-refractivity contribution in [2.24, 2.45) is 0 Å². The molecule has 0 N–H and O–H groups in total. The summed E-state index contributed by atoms with van der Waals surface area (Å²) in [6.45, 7) is 4.85. The summed E-state index contributed by atoms with van der Waals surface area (Å²) >= 11 is 6.18. The third-order valence-corrected chi connectivity index (χ3v) is 5.74. The molecule has 0 unspecified atom stereocenters. The van der Waals surface area contributed by atoms with Gasteiger partial charge in [0.05, 0.1) is 22.2 Å². The molecule has 3 aromatic rings. The predicted octanol–water partition coefficient (Wildman–Crippen LogP) is 4.27. The van der Waals surface area contributed by atoms with Gasteiger partial charge in [-0.05, 0) is 36.8 Å². The Labute approximate surface area is 184 Å². The lowest BCUT2D eigenvalue weighted by atomic mass is 10.0. The Bertz CT molecular complexity index is 1130. The molecule has 1 aliphatic heterocycles. The molecule has 2 aromatic carbocycles. The van der Waals surface area contributed by atoms with Gasteiger partial charge in [-0.15, -0.1) is 0 Å². The lowest BCUT2D eigenvalue weighted by molar-refractivity contribution is 0.0627. The zero-order chi connectivity index (χ0) is 22.0. The molecule has 1 amide bonds. The summed E-state index contributed by atoms with van der Waals surface area (Å²) in [4.78, 5) is 17.2. The zero-order valence-electron chi connectivity index (χ0n) is 16.9. The lowest BCUT2D eigenvalue weighted by Gasteiger charge is -2.34. The fraction of sp³-hybridized carbons (Fsp3) is 0.261. The average molecular weight is 439 g/mol. The molecule has 158 valence electrons. The Hall–Kier alpha value is -3.21. The van der Waals surface area contributed by atoms with Crippen molar-refractivity contribution in [3.05, 3.63) is 75.8 Å². The molecule has 0 saturated carbocycles. The smallest absolute Gasteiger partial charge is 0.259 e. The fourth-order valence-corrected chi connectivity index (χ4v) is 3.98. The van der Waals surface area contributed by atoms with Gasteiger partial charge in [-0.2, -0.15) is 5.26 Å². The van der Waals surface area contributed by atoms with Crippen LogP contribution in [0.4, 0.5) is 4.39 Å². The van der Waals surface area contributed by atoms with Crippen molar-refractivity contribution in [3.63, 3.8) is 0 Å². The first-order valence-electron chi connectivity index (χ1n) is 9.89. The van der Waals surface area contributed by atoms with E-state index in [4.69, 9.17) is 21.4 Å². The Balaban J connectivity index is 1.47. The number of benzene rings is 2. The Morgan fingerprint density at radius 2 is 1.90 bits per heavy atom. The van der Waals surface area contributed by atoms with Crippen molar-refractivity contribution in [2.75, 3.05) is 26.2 Å². The minimum Gasteiger partial charge on any atom is -0.360 e. The number of amides is 1. The lowest BCUT2D eigenvalue weighted by Crippen LogP contribution is -2.48. The highest BCUT2D eigenvalue weighted by molar-refractivity contribution is 6.33. The maximum atomic E-state index is 14.4. The van der Waals surface area contributed by atoms with Crippen LogP contribution in [-0.2, 0) is 6.54 Å². The van der Waals surface area contributed by atoms with Gasteiger partial charge in [0.1, 0.15) is 22.8 Å². The highest BCUT2D eigenvalue weighted by Crippen LogP contribution is 2.34. The second kappa shape index (κ2) is 8.88. The summed E-state index contributed by atoms with van der Waals surface area (Å²) in [6.07, 6.45) is 0. The van der Waals surface area contributed by atoms with E-state index in [0.29, 0.717) is 37.5 Å². The van der Waals surface area contributed by atoms with Gasteiger partial charge in [0.2, 0.25) is 0 Å². The minimum atomic E-state index is -0.554. The maximum absolute atomic E-state index is 14.4. The molecule has 1 aromatic heterocycles. The molecule has 0 radical (unpaired) electrons. The van der Waals surface area contributed by atoms with E-state index >= 15 is 0 Å². The quantitative estimate of drug-likeness (QED) is 0.608. The number of carbonyl (C=O) groups is 1. The number of hydrogen-bond acceptors (Lipinski definition) is 5. The summed E-state index contributed by atoms with van der Waals surface area (Å²) in [5, 5.41) is 13.0. The monoisotopic (exact) mass is 438 g/mol.